The molecule has 0 atom stereocenters. The van der Waals surface area contributed by atoms with Gasteiger partial charge in [0.1, 0.15) is 5.82 Å². The lowest BCUT2D eigenvalue weighted by Crippen LogP contribution is -2.37. The maximum absolute atomic E-state index is 13.6. The van der Waals surface area contributed by atoms with Gasteiger partial charge in [0.05, 0.1) is 13.7 Å². The van der Waals surface area contributed by atoms with Gasteiger partial charge in [0.2, 0.25) is 0 Å². The summed E-state index contributed by atoms with van der Waals surface area (Å²) in [6, 6.07) is 9.89. The number of aliphatic imine (C=N–C) groups is 1. The first-order valence-electron chi connectivity index (χ1n) is 9.31. The second-order valence-corrected chi connectivity index (χ2v) is 6.14. The normalized spacial score (nSPS) is 10.6. The molecule has 0 heterocycles. The van der Waals surface area contributed by atoms with Crippen molar-refractivity contribution in [2.45, 2.75) is 13.8 Å². The molecule has 3 N–H and O–H groups in total. The number of carbonyl (C=O) groups excluding carboxylic acids is 1. The number of hydrogen-bond donors (Lipinski definition) is 3. The van der Waals surface area contributed by atoms with E-state index in [0.717, 1.165) is 5.69 Å². The monoisotopic (exact) mass is 530 g/mol. The van der Waals surface area contributed by atoms with Gasteiger partial charge in [-0.3, -0.25) is 9.79 Å². The Morgan fingerprint density at radius 1 is 1.10 bits per heavy atom. The molecule has 0 radical (unpaired) electrons. The molecule has 0 fully saturated rings. The fraction of sp³-hybridized carbons (Fsp3) is 0.333. The molecule has 9 heteroatoms. The summed E-state index contributed by atoms with van der Waals surface area (Å²) in [7, 11) is 3.24. The van der Waals surface area contributed by atoms with E-state index in [9.17, 15) is 9.18 Å². The van der Waals surface area contributed by atoms with Crippen LogP contribution in [0.1, 0.15) is 22.8 Å². The van der Waals surface area contributed by atoms with Gasteiger partial charge < -0.3 is 25.4 Å². The zero-order chi connectivity index (χ0) is 21.2. The molecule has 2 rings (SSSR count). The molecule has 164 valence electrons. The van der Waals surface area contributed by atoms with Crippen LogP contribution in [0.2, 0.25) is 0 Å². The quantitative estimate of drug-likeness (QED) is 0.211. The van der Waals surface area contributed by atoms with Crippen molar-refractivity contribution in [2.24, 2.45) is 4.99 Å². The summed E-state index contributed by atoms with van der Waals surface area (Å²) in [6.07, 6.45) is 0. The van der Waals surface area contributed by atoms with Crippen LogP contribution >= 0.6 is 24.0 Å². The van der Waals surface area contributed by atoms with Crippen LogP contribution in [-0.4, -0.2) is 45.7 Å². The molecule has 0 aliphatic carbocycles. The Kier molecular flexibility index (Phi) is 10.9. The second kappa shape index (κ2) is 12.9. The highest BCUT2D eigenvalue weighted by atomic mass is 127. The maximum Gasteiger partial charge on any atom is 0.251 e. The van der Waals surface area contributed by atoms with Gasteiger partial charge in [-0.15, -0.1) is 24.0 Å². The van der Waals surface area contributed by atoms with Crippen LogP contribution in [0.3, 0.4) is 0 Å². The van der Waals surface area contributed by atoms with Gasteiger partial charge in [0.15, 0.2) is 17.5 Å². The largest absolute Gasteiger partial charge is 0.493 e. The molecule has 0 saturated carbocycles. The molecular formula is C21H28FIN4O3. The Balaban J connectivity index is 0.00000450. The molecule has 0 aliphatic rings. The van der Waals surface area contributed by atoms with Gasteiger partial charge in [-0.1, -0.05) is 6.07 Å². The number of carbonyl (C=O) groups is 1. The summed E-state index contributed by atoms with van der Waals surface area (Å²) in [5, 5.41) is 9.00. The van der Waals surface area contributed by atoms with Crippen LogP contribution in [0.25, 0.3) is 0 Å². The van der Waals surface area contributed by atoms with E-state index in [0.29, 0.717) is 42.7 Å². The van der Waals surface area contributed by atoms with Crippen molar-refractivity contribution < 1.29 is 18.7 Å². The van der Waals surface area contributed by atoms with E-state index in [1.165, 1.54) is 6.07 Å². The van der Waals surface area contributed by atoms with Gasteiger partial charge in [-0.2, -0.15) is 0 Å². The van der Waals surface area contributed by atoms with Gasteiger partial charge in [0.25, 0.3) is 5.91 Å². The van der Waals surface area contributed by atoms with Crippen LogP contribution in [0, 0.1) is 12.7 Å². The Morgan fingerprint density at radius 2 is 1.83 bits per heavy atom. The molecule has 2 aromatic rings. The third kappa shape index (κ3) is 7.36. The molecule has 0 spiro atoms. The predicted octanol–water partition coefficient (Wildman–Crippen LogP) is 3.58. The number of rotatable bonds is 8. The van der Waals surface area contributed by atoms with Gasteiger partial charge >= 0.3 is 0 Å². The minimum absolute atomic E-state index is 0. The van der Waals surface area contributed by atoms with Crippen molar-refractivity contribution in [1.82, 2.24) is 10.6 Å². The molecular weight excluding hydrogens is 502 g/mol. The molecule has 0 saturated heterocycles. The average Bonchev–Trinajstić information content (AvgIpc) is 2.72. The van der Waals surface area contributed by atoms with Crippen LogP contribution in [-0.2, 0) is 0 Å². The first-order chi connectivity index (χ1) is 14.0. The second-order valence-electron chi connectivity index (χ2n) is 6.14. The van der Waals surface area contributed by atoms with Crippen LogP contribution in [0.4, 0.5) is 10.1 Å². The minimum Gasteiger partial charge on any atom is -0.493 e. The maximum atomic E-state index is 13.6. The Bertz CT molecular complexity index is 877. The summed E-state index contributed by atoms with van der Waals surface area (Å²) < 4.78 is 24.4. The zero-order valence-electron chi connectivity index (χ0n) is 17.5. The van der Waals surface area contributed by atoms with E-state index in [4.69, 9.17) is 9.47 Å². The Morgan fingerprint density at radius 3 is 2.47 bits per heavy atom. The third-order valence-corrected chi connectivity index (χ3v) is 4.09. The molecule has 7 nitrogen and oxygen atoms in total. The van der Waals surface area contributed by atoms with Crippen LogP contribution < -0.4 is 25.4 Å². The lowest BCUT2D eigenvalue weighted by Gasteiger charge is -2.15. The van der Waals surface area contributed by atoms with Gasteiger partial charge in [-0.05, 0) is 43.7 Å². The summed E-state index contributed by atoms with van der Waals surface area (Å²) in [6.45, 7) is 4.87. The average molecular weight is 530 g/mol. The molecule has 0 aliphatic heterocycles. The lowest BCUT2D eigenvalue weighted by molar-refractivity contribution is 0.0954. The number of halogens is 2. The van der Waals surface area contributed by atoms with Crippen molar-refractivity contribution in [3.63, 3.8) is 0 Å². The first-order valence-corrected chi connectivity index (χ1v) is 9.31. The number of amides is 1. The number of benzene rings is 2. The van der Waals surface area contributed by atoms with Crippen molar-refractivity contribution in [3.8, 4) is 11.5 Å². The lowest BCUT2D eigenvalue weighted by atomic mass is 10.1. The molecule has 2 aromatic carbocycles. The first kappa shape index (κ1) is 25.5. The molecule has 0 bridgehead atoms. The van der Waals surface area contributed by atoms with Crippen molar-refractivity contribution >= 4 is 41.5 Å². The number of anilines is 1. The number of ether oxygens (including phenoxy) is 2. The summed E-state index contributed by atoms with van der Waals surface area (Å²) in [5.41, 5.74) is 1.57. The van der Waals surface area contributed by atoms with Gasteiger partial charge in [-0.25, -0.2) is 4.39 Å². The van der Waals surface area contributed by atoms with Crippen LogP contribution in [0.15, 0.2) is 41.4 Å². The molecule has 30 heavy (non-hydrogen) atoms. The van der Waals surface area contributed by atoms with Crippen molar-refractivity contribution in [1.29, 1.82) is 0 Å². The highest BCUT2D eigenvalue weighted by Gasteiger charge is 2.09. The minimum atomic E-state index is -0.397. The summed E-state index contributed by atoms with van der Waals surface area (Å²) >= 11 is 0. The van der Waals surface area contributed by atoms with Crippen LogP contribution in [0.5, 0.6) is 11.5 Å². The smallest absolute Gasteiger partial charge is 0.251 e. The van der Waals surface area contributed by atoms with E-state index in [2.05, 4.69) is 20.9 Å². The topological polar surface area (TPSA) is 84.0 Å². The van der Waals surface area contributed by atoms with E-state index < -0.39 is 5.82 Å². The standard InChI is InChI=1S/C21H27FN4O3.HI/c1-5-29-19-13-16(8-9-18(19)28-4)26-21(23-3)25-11-10-24-20(27)15-7-6-14(2)17(22)12-15;/h6-9,12-13H,5,10-11H2,1-4H3,(H,24,27)(H2,23,25,26);1H. The highest BCUT2D eigenvalue weighted by Crippen LogP contribution is 2.30. The zero-order valence-corrected chi connectivity index (χ0v) is 19.9. The fourth-order valence-electron chi connectivity index (χ4n) is 2.53. The number of hydrogen-bond acceptors (Lipinski definition) is 4. The fourth-order valence-corrected chi connectivity index (χ4v) is 2.53. The Labute approximate surface area is 193 Å². The van der Waals surface area contributed by atoms with Gasteiger partial charge in [0, 0.05) is 37.5 Å². The SMILES string of the molecule is CCOc1cc(NC(=NC)NCCNC(=O)c2ccc(C)c(F)c2)ccc1OC.I. The summed E-state index contributed by atoms with van der Waals surface area (Å²) in [5.74, 6) is 1.09. The summed E-state index contributed by atoms with van der Waals surface area (Å²) in [4.78, 5) is 16.3. The predicted molar refractivity (Wildman–Crippen MR) is 128 cm³/mol. The molecule has 1 amide bonds. The van der Waals surface area contributed by atoms with E-state index >= 15 is 0 Å². The van der Waals surface area contributed by atoms with E-state index in [1.807, 2.05) is 25.1 Å². The van der Waals surface area contributed by atoms with Crippen molar-refractivity contribution in [2.75, 3.05) is 39.2 Å². The number of nitrogens with one attached hydrogen (secondary N) is 3. The number of nitrogens with zero attached hydrogens (tertiary/aromatic N) is 1. The molecule has 0 aromatic heterocycles. The number of methoxy groups -OCH3 is 1. The Hall–Kier alpha value is -2.56. The third-order valence-electron chi connectivity index (χ3n) is 4.09. The van der Waals surface area contributed by atoms with E-state index in [-0.39, 0.29) is 35.4 Å². The highest BCUT2D eigenvalue weighted by molar-refractivity contribution is 14.0. The number of aryl methyl sites for hydroxylation is 1. The van der Waals surface area contributed by atoms with Crippen molar-refractivity contribution in [3.05, 3.63) is 53.3 Å². The van der Waals surface area contributed by atoms with E-state index in [1.54, 1.807) is 33.2 Å². The molecule has 0 unspecified atom stereocenters. The number of guanidine groups is 1.